The lowest BCUT2D eigenvalue weighted by Crippen LogP contribution is -2.16. The summed E-state index contributed by atoms with van der Waals surface area (Å²) in [7, 11) is 0. The number of nitrogens with zero attached hydrogens (tertiary/aromatic N) is 1. The summed E-state index contributed by atoms with van der Waals surface area (Å²) in [6.45, 7) is 3.27. The number of hydrogen-bond donors (Lipinski definition) is 2. The molecule has 0 unspecified atom stereocenters. The Morgan fingerprint density at radius 3 is 2.45 bits per heavy atom. The summed E-state index contributed by atoms with van der Waals surface area (Å²) in [5, 5.41) is 5.35. The molecule has 0 radical (unpaired) electrons. The molecule has 20 heavy (non-hydrogen) atoms. The van der Waals surface area contributed by atoms with E-state index in [1.807, 2.05) is 13.0 Å². The molecule has 0 fully saturated rings. The highest BCUT2D eigenvalue weighted by molar-refractivity contribution is 6.06. The number of benzene rings is 1. The smallest absolute Gasteiger partial charge is 0.256 e. The average Bonchev–Trinajstić information content (AvgIpc) is 2.42. The quantitative estimate of drug-likeness (QED) is 0.899. The zero-order valence-corrected chi connectivity index (χ0v) is 11.3. The van der Waals surface area contributed by atoms with Crippen molar-refractivity contribution < 1.29 is 9.59 Å². The molecule has 0 aliphatic rings. The monoisotopic (exact) mass is 269 g/mol. The SMILES string of the molecule is CC(=O)Nc1cc(C)cnc1NC(=O)c1ccccc1. The van der Waals surface area contributed by atoms with E-state index in [0.29, 0.717) is 17.1 Å². The van der Waals surface area contributed by atoms with Crippen LogP contribution in [0.5, 0.6) is 0 Å². The highest BCUT2D eigenvalue weighted by Crippen LogP contribution is 2.20. The fourth-order valence-corrected chi connectivity index (χ4v) is 1.72. The number of anilines is 2. The molecule has 5 nitrogen and oxygen atoms in total. The first-order valence-corrected chi connectivity index (χ1v) is 6.17. The van der Waals surface area contributed by atoms with Gasteiger partial charge in [0.2, 0.25) is 5.91 Å². The van der Waals surface area contributed by atoms with Gasteiger partial charge in [-0.15, -0.1) is 0 Å². The third-order valence-corrected chi connectivity index (χ3v) is 2.60. The molecule has 2 N–H and O–H groups in total. The van der Waals surface area contributed by atoms with E-state index in [0.717, 1.165) is 5.56 Å². The fourth-order valence-electron chi connectivity index (χ4n) is 1.72. The summed E-state index contributed by atoms with van der Waals surface area (Å²) in [6.07, 6.45) is 1.63. The summed E-state index contributed by atoms with van der Waals surface area (Å²) in [4.78, 5) is 27.4. The van der Waals surface area contributed by atoms with Crippen molar-refractivity contribution in [2.75, 3.05) is 10.6 Å². The van der Waals surface area contributed by atoms with Crippen molar-refractivity contribution in [3.63, 3.8) is 0 Å². The molecule has 0 aliphatic heterocycles. The zero-order valence-electron chi connectivity index (χ0n) is 11.3. The van der Waals surface area contributed by atoms with Crippen LogP contribution < -0.4 is 10.6 Å². The minimum Gasteiger partial charge on any atom is -0.323 e. The molecular formula is C15H15N3O2. The second-order valence-corrected chi connectivity index (χ2v) is 4.41. The van der Waals surface area contributed by atoms with Crippen molar-refractivity contribution in [1.29, 1.82) is 0 Å². The number of hydrogen-bond acceptors (Lipinski definition) is 3. The van der Waals surface area contributed by atoms with Crippen LogP contribution in [0.25, 0.3) is 0 Å². The van der Waals surface area contributed by atoms with Crippen LogP contribution in [0.1, 0.15) is 22.8 Å². The van der Waals surface area contributed by atoms with Gasteiger partial charge in [0.15, 0.2) is 5.82 Å². The van der Waals surface area contributed by atoms with Gasteiger partial charge in [0.25, 0.3) is 5.91 Å². The molecule has 5 heteroatoms. The maximum Gasteiger partial charge on any atom is 0.256 e. The van der Waals surface area contributed by atoms with Gasteiger partial charge in [0.1, 0.15) is 0 Å². The first kappa shape index (κ1) is 13.7. The van der Waals surface area contributed by atoms with Crippen LogP contribution in [-0.2, 0) is 4.79 Å². The molecular weight excluding hydrogens is 254 g/mol. The van der Waals surface area contributed by atoms with Gasteiger partial charge in [-0.05, 0) is 30.7 Å². The normalized spacial score (nSPS) is 9.90. The molecule has 0 saturated heterocycles. The Morgan fingerprint density at radius 2 is 1.80 bits per heavy atom. The van der Waals surface area contributed by atoms with Crippen LogP contribution in [0.15, 0.2) is 42.6 Å². The first-order chi connectivity index (χ1) is 9.56. The number of carbonyl (C=O) groups is 2. The Bertz CT molecular complexity index is 639. The topological polar surface area (TPSA) is 71.1 Å². The van der Waals surface area contributed by atoms with E-state index in [-0.39, 0.29) is 11.8 Å². The van der Waals surface area contributed by atoms with Gasteiger partial charge in [-0.3, -0.25) is 9.59 Å². The van der Waals surface area contributed by atoms with Crippen LogP contribution >= 0.6 is 0 Å². The number of rotatable bonds is 3. The van der Waals surface area contributed by atoms with Crippen molar-refractivity contribution in [2.45, 2.75) is 13.8 Å². The Hall–Kier alpha value is -2.69. The molecule has 1 aromatic heterocycles. The number of amides is 2. The number of aryl methyl sites for hydroxylation is 1. The second kappa shape index (κ2) is 5.97. The maximum atomic E-state index is 12.1. The van der Waals surface area contributed by atoms with E-state index in [1.54, 1.807) is 36.5 Å². The van der Waals surface area contributed by atoms with E-state index in [9.17, 15) is 9.59 Å². The standard InChI is InChI=1S/C15H15N3O2/c1-10-8-13(17-11(2)19)14(16-9-10)18-15(20)12-6-4-3-5-7-12/h3-9H,1-2H3,(H,17,19)(H,16,18,20). The van der Waals surface area contributed by atoms with Crippen molar-refractivity contribution in [2.24, 2.45) is 0 Å². The van der Waals surface area contributed by atoms with Gasteiger partial charge in [0.05, 0.1) is 5.69 Å². The molecule has 0 atom stereocenters. The summed E-state index contributed by atoms with van der Waals surface area (Å²) < 4.78 is 0. The van der Waals surface area contributed by atoms with Gasteiger partial charge in [-0.1, -0.05) is 18.2 Å². The molecule has 0 spiro atoms. The predicted molar refractivity (Wildman–Crippen MR) is 77.7 cm³/mol. The number of nitrogens with one attached hydrogen (secondary N) is 2. The lowest BCUT2D eigenvalue weighted by molar-refractivity contribution is -0.114. The minimum absolute atomic E-state index is 0.215. The zero-order chi connectivity index (χ0) is 14.5. The number of carbonyl (C=O) groups excluding carboxylic acids is 2. The molecule has 2 rings (SSSR count). The average molecular weight is 269 g/mol. The third-order valence-electron chi connectivity index (χ3n) is 2.60. The molecule has 2 amide bonds. The fraction of sp³-hybridized carbons (Fsp3) is 0.133. The Balaban J connectivity index is 2.25. The Morgan fingerprint density at radius 1 is 1.10 bits per heavy atom. The number of pyridine rings is 1. The lowest BCUT2D eigenvalue weighted by Gasteiger charge is -2.11. The third kappa shape index (κ3) is 3.41. The highest BCUT2D eigenvalue weighted by atomic mass is 16.2. The minimum atomic E-state index is -0.270. The van der Waals surface area contributed by atoms with Gasteiger partial charge >= 0.3 is 0 Å². The predicted octanol–water partition coefficient (Wildman–Crippen LogP) is 2.60. The van der Waals surface area contributed by atoms with Crippen LogP contribution in [0.3, 0.4) is 0 Å². The lowest BCUT2D eigenvalue weighted by atomic mass is 10.2. The molecule has 0 saturated carbocycles. The van der Waals surface area contributed by atoms with Crippen LogP contribution in [0, 0.1) is 6.92 Å². The van der Waals surface area contributed by atoms with E-state index in [4.69, 9.17) is 0 Å². The molecule has 2 aromatic rings. The molecule has 102 valence electrons. The Kier molecular flexibility index (Phi) is 4.10. The highest BCUT2D eigenvalue weighted by Gasteiger charge is 2.11. The van der Waals surface area contributed by atoms with Crippen molar-refractivity contribution >= 4 is 23.3 Å². The van der Waals surface area contributed by atoms with E-state index < -0.39 is 0 Å². The van der Waals surface area contributed by atoms with Crippen LogP contribution in [0.4, 0.5) is 11.5 Å². The first-order valence-electron chi connectivity index (χ1n) is 6.17. The van der Waals surface area contributed by atoms with Gasteiger partial charge in [0, 0.05) is 18.7 Å². The Labute approximate surface area is 117 Å². The van der Waals surface area contributed by atoms with E-state index in [2.05, 4.69) is 15.6 Å². The number of aromatic nitrogens is 1. The van der Waals surface area contributed by atoms with E-state index in [1.165, 1.54) is 6.92 Å². The van der Waals surface area contributed by atoms with Gasteiger partial charge < -0.3 is 10.6 Å². The summed E-state index contributed by atoms with van der Waals surface area (Å²) in [5.74, 6) is -0.152. The van der Waals surface area contributed by atoms with Gasteiger partial charge in [-0.2, -0.15) is 0 Å². The van der Waals surface area contributed by atoms with E-state index >= 15 is 0 Å². The second-order valence-electron chi connectivity index (χ2n) is 4.41. The van der Waals surface area contributed by atoms with Crippen molar-refractivity contribution in [3.05, 3.63) is 53.7 Å². The van der Waals surface area contributed by atoms with Crippen LogP contribution in [0.2, 0.25) is 0 Å². The molecule has 1 heterocycles. The summed E-state index contributed by atoms with van der Waals surface area (Å²) in [6, 6.07) is 10.6. The van der Waals surface area contributed by atoms with Gasteiger partial charge in [-0.25, -0.2) is 4.98 Å². The summed E-state index contributed by atoms with van der Waals surface area (Å²) >= 11 is 0. The maximum absolute atomic E-state index is 12.1. The van der Waals surface area contributed by atoms with Crippen LogP contribution in [-0.4, -0.2) is 16.8 Å². The molecule has 0 aliphatic carbocycles. The molecule has 1 aromatic carbocycles. The summed E-state index contributed by atoms with van der Waals surface area (Å²) in [5.41, 5.74) is 1.91. The van der Waals surface area contributed by atoms with Crippen molar-refractivity contribution in [1.82, 2.24) is 4.98 Å². The molecule has 0 bridgehead atoms. The largest absolute Gasteiger partial charge is 0.323 e. The van der Waals surface area contributed by atoms with Crippen molar-refractivity contribution in [3.8, 4) is 0 Å².